The molecule has 1 aromatic carbocycles. The number of hydrogen-bond donors (Lipinski definition) is 2. The van der Waals surface area contributed by atoms with Crippen LogP contribution in [0, 0.1) is 5.92 Å². The van der Waals surface area contributed by atoms with Crippen LogP contribution in [-0.4, -0.2) is 19.0 Å². The van der Waals surface area contributed by atoms with E-state index in [-0.39, 0.29) is 17.9 Å². The molecule has 100 valence electrons. The van der Waals surface area contributed by atoms with Crippen LogP contribution in [-0.2, 0) is 4.79 Å². The zero-order chi connectivity index (χ0) is 13.5. The van der Waals surface area contributed by atoms with E-state index in [0.717, 1.165) is 17.1 Å². The van der Waals surface area contributed by atoms with Crippen LogP contribution >= 0.6 is 11.6 Å². The Balaban J connectivity index is 2.32. The van der Waals surface area contributed by atoms with E-state index < -0.39 is 0 Å². The van der Waals surface area contributed by atoms with Gasteiger partial charge >= 0.3 is 0 Å². The first kappa shape index (κ1) is 15.0. The summed E-state index contributed by atoms with van der Waals surface area (Å²) >= 11 is 6.11. The molecule has 1 unspecified atom stereocenters. The fourth-order valence-corrected chi connectivity index (χ4v) is 1.91. The van der Waals surface area contributed by atoms with E-state index >= 15 is 0 Å². The molecule has 0 aliphatic rings. The van der Waals surface area contributed by atoms with Gasteiger partial charge in [-0.2, -0.15) is 0 Å². The Bertz CT molecular complexity index is 393. The standard InChI is InChI=1S/C14H21ClN2O/c1-10(2)14(18)17-9-8-16-11(3)12-6-4-5-7-13(12)15/h4-7,10-11,16H,8-9H2,1-3H3,(H,17,18). The second-order valence-electron chi connectivity index (χ2n) is 4.64. The van der Waals surface area contributed by atoms with Gasteiger partial charge in [0, 0.05) is 30.1 Å². The summed E-state index contributed by atoms with van der Waals surface area (Å²) in [5.74, 6) is 0.119. The molecule has 0 saturated heterocycles. The smallest absolute Gasteiger partial charge is 0.222 e. The molecule has 4 heteroatoms. The zero-order valence-corrected chi connectivity index (χ0v) is 11.9. The Kier molecular flexibility index (Phi) is 6.16. The summed E-state index contributed by atoms with van der Waals surface area (Å²) in [5, 5.41) is 6.97. The molecule has 0 aliphatic heterocycles. The third kappa shape index (κ3) is 4.67. The average molecular weight is 269 g/mol. The molecule has 0 aliphatic carbocycles. The van der Waals surface area contributed by atoms with Gasteiger partial charge in [0.15, 0.2) is 0 Å². The van der Waals surface area contributed by atoms with Gasteiger partial charge in [0.25, 0.3) is 0 Å². The van der Waals surface area contributed by atoms with E-state index in [1.54, 1.807) is 0 Å². The first-order valence-electron chi connectivity index (χ1n) is 6.28. The van der Waals surface area contributed by atoms with Crippen molar-refractivity contribution < 1.29 is 4.79 Å². The van der Waals surface area contributed by atoms with Gasteiger partial charge in [-0.3, -0.25) is 4.79 Å². The Hall–Kier alpha value is -1.06. The molecule has 0 fully saturated rings. The van der Waals surface area contributed by atoms with Gasteiger partial charge in [-0.25, -0.2) is 0 Å². The minimum atomic E-state index is 0.0333. The van der Waals surface area contributed by atoms with Crippen LogP contribution in [0.4, 0.5) is 0 Å². The zero-order valence-electron chi connectivity index (χ0n) is 11.2. The van der Waals surface area contributed by atoms with E-state index in [2.05, 4.69) is 17.6 Å². The van der Waals surface area contributed by atoms with Crippen LogP contribution in [0.25, 0.3) is 0 Å². The fourth-order valence-electron chi connectivity index (χ4n) is 1.61. The molecule has 0 radical (unpaired) electrons. The first-order valence-corrected chi connectivity index (χ1v) is 6.65. The van der Waals surface area contributed by atoms with Crippen molar-refractivity contribution in [2.24, 2.45) is 5.92 Å². The molecule has 0 heterocycles. The molecule has 1 atom stereocenters. The predicted octanol–water partition coefficient (Wildman–Crippen LogP) is 2.76. The molecule has 0 bridgehead atoms. The lowest BCUT2D eigenvalue weighted by molar-refractivity contribution is -0.123. The molecule has 1 rings (SSSR count). The van der Waals surface area contributed by atoms with Crippen molar-refractivity contribution in [1.82, 2.24) is 10.6 Å². The minimum absolute atomic E-state index is 0.0333. The monoisotopic (exact) mass is 268 g/mol. The highest BCUT2D eigenvalue weighted by Crippen LogP contribution is 2.21. The van der Waals surface area contributed by atoms with Crippen molar-refractivity contribution in [3.63, 3.8) is 0 Å². The summed E-state index contributed by atoms with van der Waals surface area (Å²) in [6.45, 7) is 7.19. The van der Waals surface area contributed by atoms with Crippen LogP contribution < -0.4 is 10.6 Å². The highest BCUT2D eigenvalue weighted by Gasteiger charge is 2.09. The number of benzene rings is 1. The van der Waals surface area contributed by atoms with E-state index in [9.17, 15) is 4.79 Å². The Labute approximate surface area is 114 Å². The summed E-state index contributed by atoms with van der Waals surface area (Å²) in [6, 6.07) is 7.96. The number of hydrogen-bond acceptors (Lipinski definition) is 2. The maximum atomic E-state index is 11.4. The summed E-state index contributed by atoms with van der Waals surface area (Å²) in [6.07, 6.45) is 0. The molecule has 1 amide bonds. The highest BCUT2D eigenvalue weighted by atomic mass is 35.5. The van der Waals surface area contributed by atoms with Crippen molar-refractivity contribution in [3.8, 4) is 0 Å². The highest BCUT2D eigenvalue weighted by molar-refractivity contribution is 6.31. The van der Waals surface area contributed by atoms with Crippen LogP contribution in [0.1, 0.15) is 32.4 Å². The lowest BCUT2D eigenvalue weighted by Crippen LogP contribution is -2.35. The van der Waals surface area contributed by atoms with Crippen LogP contribution in [0.5, 0.6) is 0 Å². The van der Waals surface area contributed by atoms with Crippen molar-refractivity contribution in [1.29, 1.82) is 0 Å². The number of carbonyl (C=O) groups is 1. The number of rotatable bonds is 6. The molecule has 2 N–H and O–H groups in total. The molecule has 0 spiro atoms. The summed E-state index contributed by atoms with van der Waals surface area (Å²) in [4.78, 5) is 11.4. The van der Waals surface area contributed by atoms with Crippen molar-refractivity contribution in [2.45, 2.75) is 26.8 Å². The average Bonchev–Trinajstić information content (AvgIpc) is 2.34. The quantitative estimate of drug-likeness (QED) is 0.779. The van der Waals surface area contributed by atoms with Gasteiger partial charge in [0.2, 0.25) is 5.91 Å². The third-order valence-electron chi connectivity index (χ3n) is 2.77. The predicted molar refractivity (Wildman–Crippen MR) is 75.7 cm³/mol. The van der Waals surface area contributed by atoms with E-state index in [0.29, 0.717) is 6.54 Å². The molecule has 3 nitrogen and oxygen atoms in total. The molecular formula is C14H21ClN2O. The third-order valence-corrected chi connectivity index (χ3v) is 3.12. The maximum absolute atomic E-state index is 11.4. The van der Waals surface area contributed by atoms with E-state index in [1.165, 1.54) is 0 Å². The molecule has 1 aromatic rings. The van der Waals surface area contributed by atoms with Crippen LogP contribution in [0.3, 0.4) is 0 Å². The van der Waals surface area contributed by atoms with Gasteiger partial charge in [-0.15, -0.1) is 0 Å². The van der Waals surface area contributed by atoms with Gasteiger partial charge in [-0.05, 0) is 18.6 Å². The Morgan fingerprint density at radius 3 is 2.50 bits per heavy atom. The molecule has 18 heavy (non-hydrogen) atoms. The van der Waals surface area contributed by atoms with Gasteiger partial charge in [-0.1, -0.05) is 43.6 Å². The van der Waals surface area contributed by atoms with Crippen molar-refractivity contribution >= 4 is 17.5 Å². The van der Waals surface area contributed by atoms with Gasteiger partial charge in [0.05, 0.1) is 0 Å². The Morgan fingerprint density at radius 2 is 1.89 bits per heavy atom. The number of carbonyl (C=O) groups excluding carboxylic acids is 1. The number of halogens is 1. The normalized spacial score (nSPS) is 12.5. The SMILES string of the molecule is CC(C)C(=O)NCCNC(C)c1ccccc1Cl. The number of nitrogens with one attached hydrogen (secondary N) is 2. The molecule has 0 saturated carbocycles. The Morgan fingerprint density at radius 1 is 1.22 bits per heavy atom. The van der Waals surface area contributed by atoms with Gasteiger partial charge in [0.1, 0.15) is 0 Å². The second-order valence-corrected chi connectivity index (χ2v) is 5.05. The fraction of sp³-hybridized carbons (Fsp3) is 0.500. The van der Waals surface area contributed by atoms with Crippen molar-refractivity contribution in [2.75, 3.05) is 13.1 Å². The second kappa shape index (κ2) is 7.39. The van der Waals surface area contributed by atoms with Gasteiger partial charge < -0.3 is 10.6 Å². The first-order chi connectivity index (χ1) is 8.52. The summed E-state index contributed by atoms with van der Waals surface area (Å²) in [5.41, 5.74) is 1.08. The number of amides is 1. The summed E-state index contributed by atoms with van der Waals surface area (Å²) in [7, 11) is 0. The summed E-state index contributed by atoms with van der Waals surface area (Å²) < 4.78 is 0. The maximum Gasteiger partial charge on any atom is 0.222 e. The van der Waals surface area contributed by atoms with Crippen molar-refractivity contribution in [3.05, 3.63) is 34.9 Å². The van der Waals surface area contributed by atoms with Crippen LogP contribution in [0.15, 0.2) is 24.3 Å². The van der Waals surface area contributed by atoms with E-state index in [1.807, 2.05) is 38.1 Å². The largest absolute Gasteiger partial charge is 0.355 e. The topological polar surface area (TPSA) is 41.1 Å². The molecule has 0 aromatic heterocycles. The molecular weight excluding hydrogens is 248 g/mol. The minimum Gasteiger partial charge on any atom is -0.355 e. The van der Waals surface area contributed by atoms with Crippen LogP contribution in [0.2, 0.25) is 5.02 Å². The lowest BCUT2D eigenvalue weighted by atomic mass is 10.1. The lowest BCUT2D eigenvalue weighted by Gasteiger charge is -2.16. The van der Waals surface area contributed by atoms with E-state index in [4.69, 9.17) is 11.6 Å².